The summed E-state index contributed by atoms with van der Waals surface area (Å²) in [5, 5.41) is 7.02. The fourth-order valence-electron chi connectivity index (χ4n) is 4.18. The minimum absolute atomic E-state index is 0.327. The monoisotopic (exact) mass is 543 g/mol. The molecule has 0 radical (unpaired) electrons. The maximum atomic E-state index is 12.2. The van der Waals surface area contributed by atoms with Gasteiger partial charge in [0.1, 0.15) is 5.75 Å². The second-order valence-electron chi connectivity index (χ2n) is 9.33. The van der Waals surface area contributed by atoms with Gasteiger partial charge in [-0.2, -0.15) is 0 Å². The molecule has 0 unspecified atom stereocenters. The van der Waals surface area contributed by atoms with Crippen molar-refractivity contribution in [2.45, 2.75) is 0 Å². The Kier molecular flexibility index (Phi) is 8.65. The number of likely N-dealkylation sites (N-methyl/N-ethyl adjacent to an activating group) is 2. The molecule has 208 valence electrons. The minimum Gasteiger partial charge on any atom is -0.494 e. The average molecular weight is 544 g/mol. The largest absolute Gasteiger partial charge is 0.494 e. The number of rotatable bonds is 11. The highest BCUT2D eigenvalue weighted by molar-refractivity contribution is 6.02. The SMILES string of the molecule is C=CC(=O)Nc1cc(Nc2nccc(-c3c[nH]c4cc(C(=O)OC)ccc34)n2)c(OC)cc1N(C)CCN(C)C. The molecule has 11 heteroatoms. The van der Waals surface area contributed by atoms with E-state index in [1.165, 1.54) is 13.2 Å². The lowest BCUT2D eigenvalue weighted by molar-refractivity contribution is -0.111. The first-order valence-corrected chi connectivity index (χ1v) is 12.5. The number of anilines is 4. The Morgan fingerprint density at radius 1 is 1.07 bits per heavy atom. The highest BCUT2D eigenvalue weighted by Gasteiger charge is 2.17. The number of H-pyrrole nitrogens is 1. The van der Waals surface area contributed by atoms with Crippen LogP contribution in [0.4, 0.5) is 23.0 Å². The summed E-state index contributed by atoms with van der Waals surface area (Å²) in [7, 11) is 8.90. The molecule has 0 aliphatic heterocycles. The number of ether oxygens (including phenoxy) is 2. The summed E-state index contributed by atoms with van der Waals surface area (Å²) in [4.78, 5) is 40.6. The summed E-state index contributed by atoms with van der Waals surface area (Å²) >= 11 is 0. The molecule has 2 aromatic carbocycles. The summed E-state index contributed by atoms with van der Waals surface area (Å²) in [5.41, 5.74) is 4.71. The number of methoxy groups -OCH3 is 2. The molecule has 0 saturated carbocycles. The van der Waals surface area contributed by atoms with Crippen molar-refractivity contribution in [1.29, 1.82) is 0 Å². The lowest BCUT2D eigenvalue weighted by Gasteiger charge is -2.26. The topological polar surface area (TPSA) is 125 Å². The third-order valence-corrected chi connectivity index (χ3v) is 6.34. The van der Waals surface area contributed by atoms with E-state index >= 15 is 0 Å². The predicted molar refractivity (Wildman–Crippen MR) is 158 cm³/mol. The zero-order valence-electron chi connectivity index (χ0n) is 23.2. The average Bonchev–Trinajstić information content (AvgIpc) is 3.39. The van der Waals surface area contributed by atoms with E-state index in [9.17, 15) is 9.59 Å². The first kappa shape index (κ1) is 28.1. The fourth-order valence-corrected chi connectivity index (χ4v) is 4.18. The molecular weight excluding hydrogens is 510 g/mol. The van der Waals surface area contributed by atoms with Crippen LogP contribution in [0.3, 0.4) is 0 Å². The van der Waals surface area contributed by atoms with Gasteiger partial charge in [-0.1, -0.05) is 12.6 Å². The summed E-state index contributed by atoms with van der Waals surface area (Å²) in [6.07, 6.45) is 4.71. The van der Waals surface area contributed by atoms with Crippen molar-refractivity contribution in [3.8, 4) is 17.0 Å². The zero-order chi connectivity index (χ0) is 28.8. The number of esters is 1. The van der Waals surface area contributed by atoms with Crippen LogP contribution in [0.2, 0.25) is 0 Å². The fraction of sp³-hybridized carbons (Fsp3) is 0.241. The van der Waals surface area contributed by atoms with Crippen molar-refractivity contribution in [2.75, 3.05) is 64.0 Å². The molecule has 0 saturated heterocycles. The van der Waals surface area contributed by atoms with Gasteiger partial charge < -0.3 is 34.9 Å². The van der Waals surface area contributed by atoms with Crippen molar-refractivity contribution >= 4 is 45.8 Å². The molecular formula is C29H33N7O4. The third kappa shape index (κ3) is 6.21. The van der Waals surface area contributed by atoms with E-state index in [1.807, 2.05) is 44.4 Å². The molecule has 1 amide bonds. The van der Waals surface area contributed by atoms with E-state index in [0.29, 0.717) is 34.3 Å². The maximum Gasteiger partial charge on any atom is 0.337 e. The molecule has 0 atom stereocenters. The quantitative estimate of drug-likeness (QED) is 0.188. The summed E-state index contributed by atoms with van der Waals surface area (Å²) in [6.45, 7) is 5.13. The molecule has 0 aliphatic carbocycles. The molecule has 40 heavy (non-hydrogen) atoms. The second-order valence-corrected chi connectivity index (χ2v) is 9.33. The Balaban J connectivity index is 1.68. The third-order valence-electron chi connectivity index (χ3n) is 6.34. The summed E-state index contributed by atoms with van der Waals surface area (Å²) < 4.78 is 10.5. The number of nitrogens with one attached hydrogen (secondary N) is 3. The normalized spacial score (nSPS) is 10.8. The molecule has 3 N–H and O–H groups in total. The van der Waals surface area contributed by atoms with E-state index in [4.69, 9.17) is 14.5 Å². The number of nitrogens with zero attached hydrogens (tertiary/aromatic N) is 4. The van der Waals surface area contributed by atoms with Gasteiger partial charge in [0, 0.05) is 55.1 Å². The van der Waals surface area contributed by atoms with Gasteiger partial charge in [-0.15, -0.1) is 0 Å². The molecule has 0 spiro atoms. The van der Waals surface area contributed by atoms with Crippen LogP contribution in [0, 0.1) is 0 Å². The van der Waals surface area contributed by atoms with E-state index in [1.54, 1.807) is 37.6 Å². The number of hydrogen-bond donors (Lipinski definition) is 3. The van der Waals surface area contributed by atoms with Crippen molar-refractivity contribution < 1.29 is 19.1 Å². The van der Waals surface area contributed by atoms with E-state index in [-0.39, 0.29) is 5.91 Å². The maximum absolute atomic E-state index is 12.2. The molecule has 4 rings (SSSR count). The van der Waals surface area contributed by atoms with Crippen LogP contribution in [0.1, 0.15) is 10.4 Å². The number of benzene rings is 2. The predicted octanol–water partition coefficient (Wildman–Crippen LogP) is 4.29. The number of fused-ring (bicyclic) bond motifs is 1. The van der Waals surface area contributed by atoms with Crippen LogP contribution in [0.25, 0.3) is 22.2 Å². The number of aromatic amines is 1. The Hall–Kier alpha value is -4.90. The number of carbonyl (C=O) groups is 2. The Morgan fingerprint density at radius 2 is 1.88 bits per heavy atom. The van der Waals surface area contributed by atoms with Crippen LogP contribution in [-0.4, -0.2) is 80.2 Å². The number of aromatic nitrogens is 3. The van der Waals surface area contributed by atoms with Gasteiger partial charge in [0.25, 0.3) is 0 Å². The molecule has 4 aromatic rings. The smallest absolute Gasteiger partial charge is 0.337 e. The Bertz CT molecular complexity index is 1550. The van der Waals surface area contributed by atoms with Gasteiger partial charge in [-0.25, -0.2) is 14.8 Å². The summed E-state index contributed by atoms with van der Waals surface area (Å²) in [6, 6.07) is 10.8. The molecule has 2 heterocycles. The minimum atomic E-state index is -0.404. The number of carbonyl (C=O) groups excluding carboxylic acids is 2. The van der Waals surface area contributed by atoms with Gasteiger partial charge in [0.15, 0.2) is 0 Å². The van der Waals surface area contributed by atoms with Crippen molar-refractivity contribution in [1.82, 2.24) is 19.9 Å². The highest BCUT2D eigenvalue weighted by atomic mass is 16.5. The standard InChI is InChI=1S/C29H33N7O4/c1-7-27(37)32-23-15-24(26(39-5)16-25(23)36(4)13-12-35(2)3)34-29-30-11-10-21(33-29)20-17-31-22-14-18(28(38)40-6)8-9-19(20)22/h7-11,14-17,31H,1,12-13H2,2-6H3,(H,32,37)(H,30,33,34). The van der Waals surface area contributed by atoms with Gasteiger partial charge in [0.2, 0.25) is 11.9 Å². The van der Waals surface area contributed by atoms with Crippen molar-refractivity contribution in [2.24, 2.45) is 0 Å². The highest BCUT2D eigenvalue weighted by Crippen LogP contribution is 2.38. The zero-order valence-corrected chi connectivity index (χ0v) is 23.2. The van der Waals surface area contributed by atoms with Crippen LogP contribution < -0.4 is 20.3 Å². The number of hydrogen-bond acceptors (Lipinski definition) is 9. The number of amides is 1. The second kappa shape index (κ2) is 12.3. The van der Waals surface area contributed by atoms with Gasteiger partial charge >= 0.3 is 5.97 Å². The van der Waals surface area contributed by atoms with Crippen LogP contribution in [0.5, 0.6) is 5.75 Å². The van der Waals surface area contributed by atoms with E-state index in [0.717, 1.165) is 35.2 Å². The van der Waals surface area contributed by atoms with Crippen LogP contribution in [-0.2, 0) is 9.53 Å². The van der Waals surface area contributed by atoms with Gasteiger partial charge in [-0.05, 0) is 44.4 Å². The molecule has 0 fully saturated rings. The molecule has 11 nitrogen and oxygen atoms in total. The lowest BCUT2D eigenvalue weighted by atomic mass is 10.1. The van der Waals surface area contributed by atoms with Gasteiger partial charge in [-0.3, -0.25) is 4.79 Å². The Labute approximate surface area is 232 Å². The Morgan fingerprint density at radius 3 is 2.58 bits per heavy atom. The first-order chi connectivity index (χ1) is 19.2. The van der Waals surface area contributed by atoms with E-state index < -0.39 is 5.97 Å². The van der Waals surface area contributed by atoms with Crippen molar-refractivity contribution in [3.63, 3.8) is 0 Å². The van der Waals surface area contributed by atoms with Crippen LogP contribution >= 0.6 is 0 Å². The molecule has 0 aliphatic rings. The van der Waals surface area contributed by atoms with E-state index in [2.05, 4.69) is 32.1 Å². The van der Waals surface area contributed by atoms with Crippen molar-refractivity contribution in [3.05, 3.63) is 67.0 Å². The van der Waals surface area contributed by atoms with Crippen LogP contribution in [0.15, 0.2) is 61.4 Å². The first-order valence-electron chi connectivity index (χ1n) is 12.5. The molecule has 2 aromatic heterocycles. The summed E-state index contributed by atoms with van der Waals surface area (Å²) in [5.74, 6) is 0.163. The molecule has 0 bridgehead atoms. The van der Waals surface area contributed by atoms with Gasteiger partial charge in [0.05, 0.1) is 42.5 Å². The lowest BCUT2D eigenvalue weighted by Crippen LogP contribution is -2.29.